The molecule has 0 aromatic rings. The van der Waals surface area contributed by atoms with E-state index in [-0.39, 0.29) is 5.91 Å². The van der Waals surface area contributed by atoms with Crippen molar-refractivity contribution in [3.8, 4) is 0 Å². The highest BCUT2D eigenvalue weighted by Gasteiger charge is 2.22. The Morgan fingerprint density at radius 3 is 2.47 bits per heavy atom. The van der Waals surface area contributed by atoms with Crippen molar-refractivity contribution in [3.63, 3.8) is 0 Å². The Hall–Kier alpha value is -1.10. The van der Waals surface area contributed by atoms with Crippen LogP contribution in [-0.2, 0) is 9.59 Å². The van der Waals surface area contributed by atoms with E-state index >= 15 is 0 Å². The van der Waals surface area contributed by atoms with E-state index in [2.05, 4.69) is 17.1 Å². The molecule has 0 aromatic heterocycles. The van der Waals surface area contributed by atoms with Gasteiger partial charge in [-0.3, -0.25) is 9.59 Å². The Balaban J connectivity index is 2.23. The van der Waals surface area contributed by atoms with Gasteiger partial charge >= 0.3 is 5.97 Å². The molecule has 1 rings (SSSR count). The van der Waals surface area contributed by atoms with Gasteiger partial charge in [-0.2, -0.15) is 0 Å². The van der Waals surface area contributed by atoms with Gasteiger partial charge in [-0.1, -0.05) is 6.92 Å². The number of carbonyl (C=O) groups is 2. The monoisotopic (exact) mass is 242 g/mol. The fourth-order valence-corrected chi connectivity index (χ4v) is 2.02. The first kappa shape index (κ1) is 14.0. The molecular formula is C12H22N2O3. The van der Waals surface area contributed by atoms with Crippen LogP contribution in [0.15, 0.2) is 0 Å². The van der Waals surface area contributed by atoms with E-state index in [1.165, 1.54) is 6.92 Å². The summed E-state index contributed by atoms with van der Waals surface area (Å²) >= 11 is 0. The smallest absolute Gasteiger partial charge is 0.315 e. The van der Waals surface area contributed by atoms with Gasteiger partial charge < -0.3 is 15.3 Å². The van der Waals surface area contributed by atoms with Crippen molar-refractivity contribution in [2.45, 2.75) is 26.7 Å². The Labute approximate surface area is 102 Å². The standard InChI is InChI=1S/C12H22N2O3/c1-3-14-6-4-10(5-7-14)8-13-11(15)9(2)12(16)17/h9-10H,3-8H2,1-2H3,(H,13,15)(H,16,17). The molecular weight excluding hydrogens is 220 g/mol. The molecule has 0 radical (unpaired) electrons. The van der Waals surface area contributed by atoms with Gasteiger partial charge in [0.05, 0.1) is 0 Å². The lowest BCUT2D eigenvalue weighted by Crippen LogP contribution is -2.40. The Morgan fingerprint density at radius 1 is 1.41 bits per heavy atom. The topological polar surface area (TPSA) is 69.6 Å². The highest BCUT2D eigenvalue weighted by molar-refractivity contribution is 5.96. The van der Waals surface area contributed by atoms with Gasteiger partial charge in [0.25, 0.3) is 0 Å². The van der Waals surface area contributed by atoms with Gasteiger partial charge in [-0.15, -0.1) is 0 Å². The van der Waals surface area contributed by atoms with E-state index in [4.69, 9.17) is 5.11 Å². The van der Waals surface area contributed by atoms with E-state index in [9.17, 15) is 9.59 Å². The zero-order valence-electron chi connectivity index (χ0n) is 10.6. The van der Waals surface area contributed by atoms with Gasteiger partial charge in [-0.05, 0) is 45.3 Å². The van der Waals surface area contributed by atoms with Crippen LogP contribution in [0.4, 0.5) is 0 Å². The summed E-state index contributed by atoms with van der Waals surface area (Å²) in [6, 6.07) is 0. The third kappa shape index (κ3) is 4.34. The predicted octanol–water partition coefficient (Wildman–Crippen LogP) is 0.555. The lowest BCUT2D eigenvalue weighted by molar-refractivity contribution is -0.146. The van der Waals surface area contributed by atoms with Crippen molar-refractivity contribution in [3.05, 3.63) is 0 Å². The van der Waals surface area contributed by atoms with Crippen LogP contribution >= 0.6 is 0 Å². The number of carboxylic acid groups (broad SMARTS) is 1. The van der Waals surface area contributed by atoms with Crippen molar-refractivity contribution >= 4 is 11.9 Å². The van der Waals surface area contributed by atoms with Gasteiger partial charge in [0, 0.05) is 6.54 Å². The summed E-state index contributed by atoms with van der Waals surface area (Å²) in [4.78, 5) is 24.4. The van der Waals surface area contributed by atoms with E-state index in [0.717, 1.165) is 32.5 Å². The summed E-state index contributed by atoms with van der Waals surface area (Å²) in [7, 11) is 0. The molecule has 1 atom stereocenters. The molecule has 1 aliphatic heterocycles. The maximum Gasteiger partial charge on any atom is 0.315 e. The van der Waals surface area contributed by atoms with Gasteiger partial charge in [0.1, 0.15) is 5.92 Å². The second kappa shape index (κ2) is 6.59. The van der Waals surface area contributed by atoms with E-state index in [1.807, 2.05) is 0 Å². The molecule has 0 bridgehead atoms. The molecule has 1 heterocycles. The number of nitrogens with one attached hydrogen (secondary N) is 1. The molecule has 0 spiro atoms. The Kier molecular flexibility index (Phi) is 5.41. The molecule has 1 saturated heterocycles. The zero-order chi connectivity index (χ0) is 12.8. The molecule has 98 valence electrons. The number of hydrogen-bond acceptors (Lipinski definition) is 3. The van der Waals surface area contributed by atoms with Gasteiger partial charge in [0.2, 0.25) is 5.91 Å². The van der Waals surface area contributed by atoms with Crippen LogP contribution in [0.3, 0.4) is 0 Å². The number of rotatable bonds is 5. The lowest BCUT2D eigenvalue weighted by atomic mass is 9.96. The van der Waals surface area contributed by atoms with Crippen LogP contribution in [0.2, 0.25) is 0 Å². The summed E-state index contributed by atoms with van der Waals surface area (Å²) in [5.74, 6) is -1.91. The normalized spacial score (nSPS) is 19.9. The highest BCUT2D eigenvalue weighted by atomic mass is 16.4. The van der Waals surface area contributed by atoms with Crippen molar-refractivity contribution in [1.82, 2.24) is 10.2 Å². The number of nitrogens with zero attached hydrogens (tertiary/aromatic N) is 1. The van der Waals surface area contributed by atoms with E-state index in [0.29, 0.717) is 12.5 Å². The number of hydrogen-bond donors (Lipinski definition) is 2. The molecule has 0 aromatic carbocycles. The van der Waals surface area contributed by atoms with Crippen LogP contribution in [0, 0.1) is 11.8 Å². The molecule has 2 N–H and O–H groups in total. The first-order valence-corrected chi connectivity index (χ1v) is 6.27. The maximum absolute atomic E-state index is 11.4. The van der Waals surface area contributed by atoms with E-state index in [1.54, 1.807) is 0 Å². The number of aliphatic carboxylic acids is 1. The molecule has 1 aliphatic rings. The molecule has 0 aliphatic carbocycles. The largest absolute Gasteiger partial charge is 0.481 e. The van der Waals surface area contributed by atoms with E-state index < -0.39 is 11.9 Å². The van der Waals surface area contributed by atoms with Gasteiger partial charge in [0.15, 0.2) is 0 Å². The molecule has 17 heavy (non-hydrogen) atoms. The van der Waals surface area contributed by atoms with Gasteiger partial charge in [-0.25, -0.2) is 0 Å². The summed E-state index contributed by atoms with van der Waals surface area (Å²) < 4.78 is 0. The Bertz CT molecular complexity index is 273. The average Bonchev–Trinajstić information content (AvgIpc) is 2.35. The zero-order valence-corrected chi connectivity index (χ0v) is 10.6. The number of carbonyl (C=O) groups excluding carboxylic acids is 1. The minimum Gasteiger partial charge on any atom is -0.481 e. The van der Waals surface area contributed by atoms with Crippen LogP contribution in [0.5, 0.6) is 0 Å². The first-order chi connectivity index (χ1) is 8.04. The van der Waals surface area contributed by atoms with Crippen molar-refractivity contribution in [2.24, 2.45) is 11.8 Å². The molecule has 1 unspecified atom stereocenters. The van der Waals surface area contributed by atoms with Crippen molar-refractivity contribution in [2.75, 3.05) is 26.2 Å². The number of amides is 1. The molecule has 1 fully saturated rings. The highest BCUT2D eigenvalue weighted by Crippen LogP contribution is 2.15. The molecule has 1 amide bonds. The number of piperidine rings is 1. The predicted molar refractivity (Wildman–Crippen MR) is 64.6 cm³/mol. The number of carboxylic acids is 1. The van der Waals surface area contributed by atoms with Crippen molar-refractivity contribution < 1.29 is 14.7 Å². The van der Waals surface area contributed by atoms with Crippen molar-refractivity contribution in [1.29, 1.82) is 0 Å². The van der Waals surface area contributed by atoms with Crippen LogP contribution in [0.1, 0.15) is 26.7 Å². The fraction of sp³-hybridized carbons (Fsp3) is 0.833. The third-order valence-corrected chi connectivity index (χ3v) is 3.48. The van der Waals surface area contributed by atoms with Crippen LogP contribution in [-0.4, -0.2) is 48.1 Å². The second-order valence-corrected chi connectivity index (χ2v) is 4.68. The SMILES string of the molecule is CCN1CCC(CNC(=O)C(C)C(=O)O)CC1. The molecule has 0 saturated carbocycles. The van der Waals surface area contributed by atoms with Crippen LogP contribution in [0.25, 0.3) is 0 Å². The second-order valence-electron chi connectivity index (χ2n) is 4.68. The summed E-state index contributed by atoms with van der Waals surface area (Å²) in [6.07, 6.45) is 2.16. The third-order valence-electron chi connectivity index (χ3n) is 3.48. The fourth-order valence-electron chi connectivity index (χ4n) is 2.02. The quantitative estimate of drug-likeness (QED) is 0.691. The van der Waals surface area contributed by atoms with Crippen LogP contribution < -0.4 is 5.32 Å². The number of likely N-dealkylation sites (tertiary alicyclic amines) is 1. The maximum atomic E-state index is 11.4. The lowest BCUT2D eigenvalue weighted by Gasteiger charge is -2.31. The first-order valence-electron chi connectivity index (χ1n) is 6.27. The molecule has 5 nitrogen and oxygen atoms in total. The minimum atomic E-state index is -1.07. The summed E-state index contributed by atoms with van der Waals surface area (Å²) in [6.45, 7) is 7.40. The minimum absolute atomic E-state index is 0.379. The molecule has 5 heteroatoms. The summed E-state index contributed by atoms with van der Waals surface area (Å²) in [5, 5.41) is 11.4. The average molecular weight is 242 g/mol. The Morgan fingerprint density at radius 2 is 2.00 bits per heavy atom. The summed E-state index contributed by atoms with van der Waals surface area (Å²) in [5.41, 5.74) is 0.